The fourth-order valence-corrected chi connectivity index (χ4v) is 2.77. The Morgan fingerprint density at radius 3 is 2.79 bits per heavy atom. The molecule has 3 aromatic rings. The van der Waals surface area contributed by atoms with Gasteiger partial charge in [0.1, 0.15) is 0 Å². The Hall–Kier alpha value is -2.29. The number of nitrogens with zero attached hydrogens (tertiary/aromatic N) is 2. The summed E-state index contributed by atoms with van der Waals surface area (Å²) in [5, 5.41) is 3.91. The van der Waals surface area contributed by atoms with Crippen LogP contribution >= 0.6 is 0 Å². The third-order valence-corrected chi connectivity index (χ3v) is 3.72. The minimum atomic E-state index is 0.900. The zero-order chi connectivity index (χ0) is 12.7. The minimum Gasteiger partial charge on any atom is -0.356 e. The predicted octanol–water partition coefficient (Wildman–Crippen LogP) is 3.29. The molecule has 1 aromatic carbocycles. The van der Waals surface area contributed by atoms with Crippen LogP contribution in [0.2, 0.25) is 0 Å². The van der Waals surface area contributed by atoms with Crippen LogP contribution in [-0.4, -0.2) is 9.72 Å². The molecule has 0 saturated heterocycles. The third-order valence-electron chi connectivity index (χ3n) is 3.72. The molecule has 0 bridgehead atoms. The Morgan fingerprint density at radius 1 is 1.05 bits per heavy atom. The van der Waals surface area contributed by atoms with Gasteiger partial charge in [-0.3, -0.25) is 0 Å². The van der Waals surface area contributed by atoms with Gasteiger partial charge in [-0.05, 0) is 24.0 Å². The van der Waals surface area contributed by atoms with Crippen molar-refractivity contribution in [2.24, 2.45) is 0 Å². The molecule has 0 amide bonds. The smallest absolute Gasteiger partial charge is 0.171 e. The topological polar surface area (TPSA) is 31.0 Å². The van der Waals surface area contributed by atoms with Crippen LogP contribution in [0.4, 0.5) is 0 Å². The first kappa shape index (κ1) is 10.6. The summed E-state index contributed by atoms with van der Waals surface area (Å²) < 4.78 is 7.62. The summed E-state index contributed by atoms with van der Waals surface area (Å²) >= 11 is 0. The first-order chi connectivity index (χ1) is 9.40. The Kier molecular flexibility index (Phi) is 2.30. The molecule has 1 aliphatic rings. The largest absolute Gasteiger partial charge is 0.356 e. The molecule has 1 aliphatic carbocycles. The van der Waals surface area contributed by atoms with E-state index in [1.54, 1.807) is 0 Å². The highest BCUT2D eigenvalue weighted by atomic mass is 16.5. The van der Waals surface area contributed by atoms with E-state index in [1.807, 2.05) is 12.3 Å². The van der Waals surface area contributed by atoms with E-state index in [1.165, 1.54) is 22.3 Å². The Morgan fingerprint density at radius 2 is 1.89 bits per heavy atom. The zero-order valence-electron chi connectivity index (χ0n) is 10.5. The molecule has 19 heavy (non-hydrogen) atoms. The van der Waals surface area contributed by atoms with E-state index in [4.69, 9.17) is 4.52 Å². The van der Waals surface area contributed by atoms with E-state index in [2.05, 4.69) is 46.4 Å². The van der Waals surface area contributed by atoms with Gasteiger partial charge >= 0.3 is 0 Å². The van der Waals surface area contributed by atoms with Crippen molar-refractivity contribution in [3.05, 3.63) is 65.6 Å². The normalized spacial score (nSPS) is 13.1. The van der Waals surface area contributed by atoms with E-state index < -0.39 is 0 Å². The van der Waals surface area contributed by atoms with Crippen LogP contribution in [0.1, 0.15) is 16.7 Å². The molecule has 0 unspecified atom stereocenters. The third kappa shape index (κ3) is 1.78. The quantitative estimate of drug-likeness (QED) is 0.698. The summed E-state index contributed by atoms with van der Waals surface area (Å²) in [6.45, 7) is 0.900. The van der Waals surface area contributed by atoms with Crippen molar-refractivity contribution < 1.29 is 4.52 Å². The number of hydrogen-bond acceptors (Lipinski definition) is 2. The molecule has 94 valence electrons. The van der Waals surface area contributed by atoms with E-state index >= 15 is 0 Å². The molecule has 0 saturated carbocycles. The van der Waals surface area contributed by atoms with Gasteiger partial charge in [0, 0.05) is 30.1 Å². The van der Waals surface area contributed by atoms with Crippen molar-refractivity contribution in [2.45, 2.75) is 19.4 Å². The number of fused-ring (bicyclic) bond motifs is 3. The van der Waals surface area contributed by atoms with E-state index in [0.717, 1.165) is 25.1 Å². The molecule has 0 atom stereocenters. The van der Waals surface area contributed by atoms with Gasteiger partial charge in [-0.15, -0.1) is 0 Å². The maximum Gasteiger partial charge on any atom is 0.171 e. The van der Waals surface area contributed by atoms with Crippen LogP contribution in [0.5, 0.6) is 0 Å². The van der Waals surface area contributed by atoms with Crippen molar-refractivity contribution in [1.82, 2.24) is 9.72 Å². The first-order valence-electron chi connectivity index (χ1n) is 6.56. The van der Waals surface area contributed by atoms with Crippen molar-refractivity contribution >= 4 is 0 Å². The van der Waals surface area contributed by atoms with Crippen LogP contribution in [0.15, 0.2) is 53.4 Å². The average Bonchev–Trinajstić information content (AvgIpc) is 3.04. The van der Waals surface area contributed by atoms with Crippen LogP contribution in [0.25, 0.3) is 11.3 Å². The molecule has 0 radical (unpaired) electrons. The molecule has 2 aromatic heterocycles. The van der Waals surface area contributed by atoms with Gasteiger partial charge in [0.15, 0.2) is 5.76 Å². The van der Waals surface area contributed by atoms with Gasteiger partial charge in [0.2, 0.25) is 0 Å². The molecule has 0 fully saturated rings. The average molecular weight is 250 g/mol. The molecule has 0 spiro atoms. The predicted molar refractivity (Wildman–Crippen MR) is 72.9 cm³/mol. The lowest BCUT2D eigenvalue weighted by Crippen LogP contribution is -1.98. The minimum absolute atomic E-state index is 0.900. The molecule has 0 N–H and O–H groups in total. The number of aryl methyl sites for hydroxylation is 2. The standard InChI is InChI=1S/C16H14N2O/c1-2-4-12(5-3-1)9-18-10-14-7-6-13-8-17-19-16(13)15(14)11-18/h1-5,8,10-11H,6-7,9H2. The van der Waals surface area contributed by atoms with Gasteiger partial charge in [0.05, 0.1) is 6.20 Å². The number of hydrogen-bond donors (Lipinski definition) is 0. The molecule has 0 aliphatic heterocycles. The van der Waals surface area contributed by atoms with Crippen molar-refractivity contribution in [3.63, 3.8) is 0 Å². The van der Waals surface area contributed by atoms with Gasteiger partial charge in [0.25, 0.3) is 0 Å². The van der Waals surface area contributed by atoms with Gasteiger partial charge in [-0.2, -0.15) is 0 Å². The molecule has 2 heterocycles. The van der Waals surface area contributed by atoms with Crippen LogP contribution in [0.3, 0.4) is 0 Å². The summed E-state index contributed by atoms with van der Waals surface area (Å²) in [5.74, 6) is 0.952. The summed E-state index contributed by atoms with van der Waals surface area (Å²) in [5.41, 5.74) is 5.10. The van der Waals surface area contributed by atoms with E-state index in [9.17, 15) is 0 Å². The van der Waals surface area contributed by atoms with Gasteiger partial charge < -0.3 is 9.09 Å². The fraction of sp³-hybridized carbons (Fsp3) is 0.188. The van der Waals surface area contributed by atoms with Gasteiger partial charge in [-0.25, -0.2) is 0 Å². The number of aromatic nitrogens is 2. The lowest BCUT2D eigenvalue weighted by atomic mass is 9.95. The summed E-state index contributed by atoms with van der Waals surface area (Å²) in [6, 6.07) is 10.5. The van der Waals surface area contributed by atoms with Crippen molar-refractivity contribution in [3.8, 4) is 11.3 Å². The Bertz CT molecular complexity index is 709. The lowest BCUT2D eigenvalue weighted by Gasteiger charge is -2.07. The second-order valence-electron chi connectivity index (χ2n) is 5.04. The first-order valence-corrected chi connectivity index (χ1v) is 6.56. The highest BCUT2D eigenvalue weighted by Gasteiger charge is 2.21. The highest BCUT2D eigenvalue weighted by Crippen LogP contribution is 2.34. The van der Waals surface area contributed by atoms with E-state index in [-0.39, 0.29) is 0 Å². The molecule has 3 nitrogen and oxygen atoms in total. The number of benzene rings is 1. The number of rotatable bonds is 2. The second-order valence-corrected chi connectivity index (χ2v) is 5.04. The molecular formula is C16H14N2O. The second kappa shape index (κ2) is 4.12. The van der Waals surface area contributed by atoms with E-state index in [0.29, 0.717) is 0 Å². The van der Waals surface area contributed by atoms with Crippen molar-refractivity contribution in [2.75, 3.05) is 0 Å². The van der Waals surface area contributed by atoms with Crippen molar-refractivity contribution in [1.29, 1.82) is 0 Å². The van der Waals surface area contributed by atoms with Crippen LogP contribution in [0, 0.1) is 0 Å². The molecule has 3 heteroatoms. The SMILES string of the molecule is c1ccc(Cn2cc3c(c2)-c2oncc2CC3)cc1. The van der Waals surface area contributed by atoms with Crippen LogP contribution in [-0.2, 0) is 19.4 Å². The molecule has 4 rings (SSSR count). The Balaban J connectivity index is 1.71. The summed E-state index contributed by atoms with van der Waals surface area (Å²) in [6.07, 6.45) is 8.35. The fourth-order valence-electron chi connectivity index (χ4n) is 2.77. The molecular weight excluding hydrogens is 236 g/mol. The maximum absolute atomic E-state index is 5.38. The zero-order valence-corrected chi connectivity index (χ0v) is 10.5. The highest BCUT2D eigenvalue weighted by molar-refractivity contribution is 5.67. The summed E-state index contributed by atoms with van der Waals surface area (Å²) in [7, 11) is 0. The lowest BCUT2D eigenvalue weighted by molar-refractivity contribution is 0.430. The monoisotopic (exact) mass is 250 g/mol. The summed E-state index contributed by atoms with van der Waals surface area (Å²) in [4.78, 5) is 0. The van der Waals surface area contributed by atoms with Gasteiger partial charge in [-0.1, -0.05) is 35.5 Å². The Labute approximate surface area is 111 Å². The van der Waals surface area contributed by atoms with Crippen LogP contribution < -0.4 is 0 Å². The maximum atomic E-state index is 5.38.